The van der Waals surface area contributed by atoms with Gasteiger partial charge in [-0.25, -0.2) is 0 Å². The normalized spacial score (nSPS) is 10.5. The lowest BCUT2D eigenvalue weighted by Gasteiger charge is -2.09. The van der Waals surface area contributed by atoms with Crippen LogP contribution in [-0.2, 0) is 6.54 Å². The average Bonchev–Trinajstić information content (AvgIpc) is 3.02. The topological polar surface area (TPSA) is 54.1 Å². The molecule has 3 aromatic rings. The van der Waals surface area contributed by atoms with Crippen molar-refractivity contribution in [3.05, 3.63) is 77.0 Å². The molecule has 4 heteroatoms. The lowest BCUT2D eigenvalue weighted by atomic mass is 10.1. The van der Waals surface area contributed by atoms with E-state index in [-0.39, 0.29) is 5.91 Å². The number of H-pyrrole nitrogens is 1. The average molecular weight is 334 g/mol. The third-order valence-electron chi connectivity index (χ3n) is 4.25. The van der Waals surface area contributed by atoms with Crippen LogP contribution in [-0.4, -0.2) is 18.0 Å². The van der Waals surface area contributed by atoms with Gasteiger partial charge in [0.25, 0.3) is 5.91 Å². The molecule has 0 atom stereocenters. The van der Waals surface area contributed by atoms with Crippen LogP contribution in [0.3, 0.4) is 0 Å². The predicted molar refractivity (Wildman–Crippen MR) is 99.9 cm³/mol. The number of aromatic amines is 1. The number of ether oxygens (including phenoxy) is 1. The molecule has 0 unspecified atom stereocenters. The van der Waals surface area contributed by atoms with Crippen LogP contribution in [0, 0.1) is 13.8 Å². The van der Waals surface area contributed by atoms with Crippen LogP contribution in [0.15, 0.2) is 54.6 Å². The van der Waals surface area contributed by atoms with Gasteiger partial charge in [-0.15, -0.1) is 0 Å². The van der Waals surface area contributed by atoms with Gasteiger partial charge in [0, 0.05) is 23.5 Å². The molecule has 0 saturated carbocycles. The summed E-state index contributed by atoms with van der Waals surface area (Å²) < 4.78 is 5.32. The van der Waals surface area contributed by atoms with Crippen LogP contribution in [0.5, 0.6) is 5.75 Å². The fourth-order valence-corrected chi connectivity index (χ4v) is 2.80. The van der Waals surface area contributed by atoms with Gasteiger partial charge < -0.3 is 15.0 Å². The standard InChI is InChI=1S/C21H22N2O2/c1-14-8-10-16(11-9-14)19-12-18(15(2)23-19)21(24)22-13-17-6-4-5-7-20(17)25-3/h4-12,23H,13H2,1-3H3,(H,22,24). The molecule has 3 rings (SSSR count). The second-order valence-electron chi connectivity index (χ2n) is 6.08. The van der Waals surface area contributed by atoms with Crippen molar-refractivity contribution in [2.45, 2.75) is 20.4 Å². The molecule has 0 spiro atoms. The maximum Gasteiger partial charge on any atom is 0.253 e. The Morgan fingerprint density at radius 3 is 2.52 bits per heavy atom. The maximum atomic E-state index is 12.6. The summed E-state index contributed by atoms with van der Waals surface area (Å²) in [5.74, 6) is 0.673. The molecule has 4 nitrogen and oxygen atoms in total. The molecule has 25 heavy (non-hydrogen) atoms. The number of amides is 1. The van der Waals surface area contributed by atoms with Crippen LogP contribution in [0.2, 0.25) is 0 Å². The highest BCUT2D eigenvalue weighted by atomic mass is 16.5. The maximum absolute atomic E-state index is 12.6. The van der Waals surface area contributed by atoms with E-state index < -0.39 is 0 Å². The lowest BCUT2D eigenvalue weighted by Crippen LogP contribution is -2.23. The van der Waals surface area contributed by atoms with Crippen LogP contribution in [0.1, 0.15) is 27.2 Å². The largest absolute Gasteiger partial charge is 0.496 e. The van der Waals surface area contributed by atoms with Crippen LogP contribution >= 0.6 is 0 Å². The quantitative estimate of drug-likeness (QED) is 0.733. The van der Waals surface area contributed by atoms with Gasteiger partial charge in [0.1, 0.15) is 5.75 Å². The molecule has 1 heterocycles. The highest BCUT2D eigenvalue weighted by molar-refractivity contribution is 5.96. The van der Waals surface area contributed by atoms with E-state index in [0.717, 1.165) is 28.3 Å². The van der Waals surface area contributed by atoms with Crippen molar-refractivity contribution in [2.75, 3.05) is 7.11 Å². The zero-order valence-corrected chi connectivity index (χ0v) is 14.7. The highest BCUT2D eigenvalue weighted by Crippen LogP contribution is 2.22. The Hall–Kier alpha value is -3.01. The number of aromatic nitrogens is 1. The first-order valence-electron chi connectivity index (χ1n) is 8.25. The number of aryl methyl sites for hydroxylation is 2. The Morgan fingerprint density at radius 2 is 1.80 bits per heavy atom. The van der Waals surface area contributed by atoms with Crippen LogP contribution in [0.4, 0.5) is 0 Å². The van der Waals surface area contributed by atoms with Gasteiger partial charge in [0.15, 0.2) is 0 Å². The number of nitrogens with one attached hydrogen (secondary N) is 2. The van der Waals surface area contributed by atoms with Gasteiger partial charge in [0.05, 0.1) is 12.7 Å². The molecular formula is C21H22N2O2. The molecule has 0 fully saturated rings. The van der Waals surface area contributed by atoms with E-state index in [1.54, 1.807) is 7.11 Å². The van der Waals surface area contributed by atoms with E-state index in [0.29, 0.717) is 12.1 Å². The summed E-state index contributed by atoms with van der Waals surface area (Å²) in [6.07, 6.45) is 0. The summed E-state index contributed by atoms with van der Waals surface area (Å²) >= 11 is 0. The monoisotopic (exact) mass is 334 g/mol. The molecular weight excluding hydrogens is 312 g/mol. The van der Waals surface area contributed by atoms with Gasteiger partial charge >= 0.3 is 0 Å². The van der Waals surface area contributed by atoms with Gasteiger partial charge in [-0.3, -0.25) is 4.79 Å². The molecule has 128 valence electrons. The minimum absolute atomic E-state index is 0.0991. The van der Waals surface area contributed by atoms with Crippen LogP contribution < -0.4 is 10.1 Å². The molecule has 0 aliphatic rings. The number of carbonyl (C=O) groups excluding carboxylic acids is 1. The molecule has 0 radical (unpaired) electrons. The van der Waals surface area contributed by atoms with Gasteiger partial charge in [-0.2, -0.15) is 0 Å². The van der Waals surface area contributed by atoms with E-state index in [1.807, 2.05) is 37.3 Å². The fourth-order valence-electron chi connectivity index (χ4n) is 2.80. The van der Waals surface area contributed by atoms with Crippen molar-refractivity contribution >= 4 is 5.91 Å². The Balaban J connectivity index is 1.75. The van der Waals surface area contributed by atoms with E-state index in [2.05, 4.69) is 41.5 Å². The zero-order chi connectivity index (χ0) is 17.8. The number of benzene rings is 2. The Morgan fingerprint density at radius 1 is 1.08 bits per heavy atom. The van der Waals surface area contributed by atoms with E-state index in [9.17, 15) is 4.79 Å². The molecule has 2 aromatic carbocycles. The van der Waals surface area contributed by atoms with Gasteiger partial charge in [0.2, 0.25) is 0 Å². The number of rotatable bonds is 5. The first-order chi connectivity index (χ1) is 12.1. The Labute approximate surface area is 147 Å². The first-order valence-corrected chi connectivity index (χ1v) is 8.25. The Kier molecular flexibility index (Phi) is 4.89. The number of hydrogen-bond donors (Lipinski definition) is 2. The molecule has 2 N–H and O–H groups in total. The third-order valence-corrected chi connectivity index (χ3v) is 4.25. The van der Waals surface area contributed by atoms with Gasteiger partial charge in [-0.05, 0) is 31.5 Å². The molecule has 0 bridgehead atoms. The molecule has 1 amide bonds. The summed E-state index contributed by atoms with van der Waals surface area (Å²) in [4.78, 5) is 15.9. The number of carbonyl (C=O) groups is 1. The Bertz CT molecular complexity index is 879. The SMILES string of the molecule is COc1ccccc1CNC(=O)c1cc(-c2ccc(C)cc2)[nH]c1C. The van der Waals surface area contributed by atoms with Gasteiger partial charge in [-0.1, -0.05) is 48.0 Å². The van der Waals surface area contributed by atoms with Crippen molar-refractivity contribution in [1.29, 1.82) is 0 Å². The number of methoxy groups -OCH3 is 1. The second kappa shape index (κ2) is 7.26. The van der Waals surface area contributed by atoms with Crippen molar-refractivity contribution < 1.29 is 9.53 Å². The number of hydrogen-bond acceptors (Lipinski definition) is 2. The molecule has 1 aromatic heterocycles. The van der Waals surface area contributed by atoms with E-state index in [1.165, 1.54) is 5.56 Å². The van der Waals surface area contributed by atoms with E-state index in [4.69, 9.17) is 4.74 Å². The first kappa shape index (κ1) is 16.8. The molecule has 0 aliphatic carbocycles. The second-order valence-corrected chi connectivity index (χ2v) is 6.08. The van der Waals surface area contributed by atoms with Crippen molar-refractivity contribution in [2.24, 2.45) is 0 Å². The van der Waals surface area contributed by atoms with Crippen molar-refractivity contribution in [1.82, 2.24) is 10.3 Å². The van der Waals surface area contributed by atoms with E-state index >= 15 is 0 Å². The lowest BCUT2D eigenvalue weighted by molar-refractivity contribution is 0.0950. The van der Waals surface area contributed by atoms with Crippen molar-refractivity contribution in [3.8, 4) is 17.0 Å². The summed E-state index contributed by atoms with van der Waals surface area (Å²) in [6.45, 7) is 4.39. The molecule has 0 aliphatic heterocycles. The summed E-state index contributed by atoms with van der Waals surface area (Å²) in [7, 11) is 1.63. The van der Waals surface area contributed by atoms with Crippen molar-refractivity contribution in [3.63, 3.8) is 0 Å². The smallest absolute Gasteiger partial charge is 0.253 e. The number of para-hydroxylation sites is 1. The minimum atomic E-state index is -0.0991. The summed E-state index contributed by atoms with van der Waals surface area (Å²) in [5.41, 5.74) is 5.68. The zero-order valence-electron chi connectivity index (χ0n) is 14.7. The summed E-state index contributed by atoms with van der Waals surface area (Å²) in [6, 6.07) is 17.8. The summed E-state index contributed by atoms with van der Waals surface area (Å²) in [5, 5.41) is 2.97. The minimum Gasteiger partial charge on any atom is -0.496 e. The predicted octanol–water partition coefficient (Wildman–Crippen LogP) is 4.24. The fraction of sp³-hybridized carbons (Fsp3) is 0.190. The third kappa shape index (κ3) is 3.74. The van der Waals surface area contributed by atoms with Crippen LogP contribution in [0.25, 0.3) is 11.3 Å². The highest BCUT2D eigenvalue weighted by Gasteiger charge is 2.14. The molecule has 0 saturated heterocycles.